The molecule has 0 saturated heterocycles. The maximum atomic E-state index is 10.2. The Hall–Kier alpha value is -8.39. The molecule has 12 aromatic rings. The van der Waals surface area contributed by atoms with Crippen molar-refractivity contribution in [3.05, 3.63) is 212 Å². The van der Waals surface area contributed by atoms with Crippen LogP contribution in [0.15, 0.2) is 207 Å². The molecule has 3 aromatic heterocycles. The van der Waals surface area contributed by atoms with Gasteiger partial charge in [0.15, 0.2) is 0 Å². The van der Waals surface area contributed by atoms with Crippen LogP contribution >= 0.6 is 0 Å². The van der Waals surface area contributed by atoms with Gasteiger partial charge in [0.1, 0.15) is 0 Å². The standard InChI is InChI=1S/C57H34N4/c58-33-36-21-23-53-51(27-36)52-32-39(22-24-54(52)61(53)44-30-42(40-13-9-25-59-34-40)29-43(31-44)41-14-10-26-60-35-41)55-47-17-5-7-19-49(47)57(50-20-8-6-18-48(50)55)56-45-15-3-1-11-37(45)28-38-12-2-4-16-46(38)56/h1-32,34-35H. The molecular weight excluding hydrogens is 741 g/mol. The van der Waals surface area contributed by atoms with Gasteiger partial charge in [0.25, 0.3) is 0 Å². The smallest absolute Gasteiger partial charge is 0.0991 e. The van der Waals surface area contributed by atoms with Gasteiger partial charge in [0.2, 0.25) is 0 Å². The molecule has 0 aliphatic rings. The summed E-state index contributed by atoms with van der Waals surface area (Å²) in [5.41, 5.74) is 12.7. The lowest BCUT2D eigenvalue weighted by molar-refractivity contribution is 1.18. The highest BCUT2D eigenvalue weighted by Gasteiger charge is 2.22. The highest BCUT2D eigenvalue weighted by atomic mass is 15.0. The fourth-order valence-electron chi connectivity index (χ4n) is 9.66. The molecule has 0 aliphatic heterocycles. The van der Waals surface area contributed by atoms with Crippen LogP contribution in [0.3, 0.4) is 0 Å². The summed E-state index contributed by atoms with van der Waals surface area (Å²) in [6.45, 7) is 0. The quantitative estimate of drug-likeness (QED) is 0.164. The van der Waals surface area contributed by atoms with Gasteiger partial charge in [-0.1, -0.05) is 115 Å². The van der Waals surface area contributed by atoms with Crippen LogP contribution < -0.4 is 0 Å². The molecule has 12 rings (SSSR count). The molecule has 0 aliphatic carbocycles. The van der Waals surface area contributed by atoms with E-state index >= 15 is 0 Å². The SMILES string of the molecule is N#Cc1ccc2c(c1)c1cc(-c3c4ccccc4c(-c4c5ccccc5cc5ccccc45)c4ccccc34)ccc1n2-c1cc(-c2cccnc2)cc(-c2cccnc2)c1. The van der Waals surface area contributed by atoms with Crippen LogP contribution in [0.2, 0.25) is 0 Å². The first-order valence-electron chi connectivity index (χ1n) is 20.5. The minimum absolute atomic E-state index is 0.625. The van der Waals surface area contributed by atoms with E-state index in [1.54, 1.807) is 12.4 Å². The Balaban J connectivity index is 1.15. The molecule has 0 fully saturated rings. The van der Waals surface area contributed by atoms with Crippen molar-refractivity contribution in [3.63, 3.8) is 0 Å². The van der Waals surface area contributed by atoms with Crippen molar-refractivity contribution in [2.45, 2.75) is 0 Å². The molecule has 0 unspecified atom stereocenters. The average Bonchev–Trinajstić information content (AvgIpc) is 3.66. The van der Waals surface area contributed by atoms with Crippen molar-refractivity contribution in [1.82, 2.24) is 14.5 Å². The minimum Gasteiger partial charge on any atom is -0.309 e. The molecule has 61 heavy (non-hydrogen) atoms. The maximum absolute atomic E-state index is 10.2. The zero-order valence-electron chi connectivity index (χ0n) is 32.9. The van der Waals surface area contributed by atoms with E-state index in [0.717, 1.165) is 55.3 Å². The van der Waals surface area contributed by atoms with E-state index in [1.165, 1.54) is 59.8 Å². The number of aromatic nitrogens is 3. The van der Waals surface area contributed by atoms with E-state index in [2.05, 4.69) is 178 Å². The lowest BCUT2D eigenvalue weighted by Crippen LogP contribution is -1.96. The van der Waals surface area contributed by atoms with E-state index in [1.807, 2.05) is 36.7 Å². The molecular formula is C57H34N4. The Morgan fingerprint density at radius 1 is 0.361 bits per heavy atom. The summed E-state index contributed by atoms with van der Waals surface area (Å²) < 4.78 is 2.33. The molecule has 0 radical (unpaired) electrons. The number of fused-ring (bicyclic) bond motifs is 7. The summed E-state index contributed by atoms with van der Waals surface area (Å²) in [6.07, 6.45) is 7.43. The third-order valence-electron chi connectivity index (χ3n) is 12.3. The Labute approximate surface area is 351 Å². The fourth-order valence-corrected chi connectivity index (χ4v) is 9.66. The third kappa shape index (κ3) is 5.53. The van der Waals surface area contributed by atoms with Crippen LogP contribution in [0.5, 0.6) is 0 Å². The summed E-state index contributed by atoms with van der Waals surface area (Å²) in [4.78, 5) is 8.91. The summed E-state index contributed by atoms with van der Waals surface area (Å²) in [5.74, 6) is 0. The first kappa shape index (κ1) is 34.6. The molecule has 0 atom stereocenters. The Morgan fingerprint density at radius 3 is 1.39 bits per heavy atom. The van der Waals surface area contributed by atoms with Crippen LogP contribution in [0.25, 0.3) is 115 Å². The summed E-state index contributed by atoms with van der Waals surface area (Å²) >= 11 is 0. The van der Waals surface area contributed by atoms with E-state index in [9.17, 15) is 5.26 Å². The van der Waals surface area contributed by atoms with Crippen LogP contribution in [0.4, 0.5) is 0 Å². The second kappa shape index (κ2) is 13.9. The molecule has 4 heteroatoms. The van der Waals surface area contributed by atoms with Crippen molar-refractivity contribution in [2.24, 2.45) is 0 Å². The Kier molecular flexibility index (Phi) is 7.88. The van der Waals surface area contributed by atoms with Crippen molar-refractivity contribution in [3.8, 4) is 56.3 Å². The second-order valence-electron chi connectivity index (χ2n) is 15.7. The number of nitriles is 1. The van der Waals surface area contributed by atoms with Crippen LogP contribution in [0.1, 0.15) is 5.56 Å². The number of rotatable bonds is 5. The summed E-state index contributed by atoms with van der Waals surface area (Å²) in [6, 6.07) is 67.8. The molecule has 0 saturated carbocycles. The fraction of sp³-hybridized carbons (Fsp3) is 0. The Morgan fingerprint density at radius 2 is 0.852 bits per heavy atom. The Bertz CT molecular complexity index is 3600. The largest absolute Gasteiger partial charge is 0.309 e. The topological polar surface area (TPSA) is 54.5 Å². The predicted octanol–water partition coefficient (Wildman–Crippen LogP) is 14.7. The first-order valence-corrected chi connectivity index (χ1v) is 20.5. The third-order valence-corrected chi connectivity index (χ3v) is 12.3. The van der Waals surface area contributed by atoms with Crippen LogP contribution in [-0.4, -0.2) is 14.5 Å². The van der Waals surface area contributed by atoms with Gasteiger partial charge in [-0.05, 0) is 143 Å². The zero-order valence-corrected chi connectivity index (χ0v) is 32.9. The van der Waals surface area contributed by atoms with Crippen molar-refractivity contribution in [2.75, 3.05) is 0 Å². The molecule has 4 nitrogen and oxygen atoms in total. The lowest BCUT2D eigenvalue weighted by Gasteiger charge is -2.20. The van der Waals surface area contributed by atoms with Gasteiger partial charge in [-0.3, -0.25) is 9.97 Å². The monoisotopic (exact) mass is 774 g/mol. The summed E-state index contributed by atoms with van der Waals surface area (Å²) in [7, 11) is 0. The van der Waals surface area contributed by atoms with E-state index in [-0.39, 0.29) is 0 Å². The van der Waals surface area contributed by atoms with Crippen molar-refractivity contribution in [1.29, 1.82) is 5.26 Å². The number of nitrogens with zero attached hydrogens (tertiary/aromatic N) is 4. The number of benzene rings is 9. The number of hydrogen-bond donors (Lipinski definition) is 0. The molecule has 0 bridgehead atoms. The van der Waals surface area contributed by atoms with E-state index < -0.39 is 0 Å². The van der Waals surface area contributed by atoms with Gasteiger partial charge >= 0.3 is 0 Å². The number of pyridine rings is 2. The molecule has 0 spiro atoms. The van der Waals surface area contributed by atoms with Gasteiger partial charge in [-0.15, -0.1) is 0 Å². The predicted molar refractivity (Wildman–Crippen MR) is 253 cm³/mol. The molecule has 282 valence electrons. The number of hydrogen-bond acceptors (Lipinski definition) is 3. The molecule has 0 N–H and O–H groups in total. The average molecular weight is 775 g/mol. The molecule has 9 aromatic carbocycles. The van der Waals surface area contributed by atoms with Crippen molar-refractivity contribution >= 4 is 64.9 Å². The van der Waals surface area contributed by atoms with Gasteiger partial charge in [0, 0.05) is 52.4 Å². The second-order valence-corrected chi connectivity index (χ2v) is 15.7. The van der Waals surface area contributed by atoms with Gasteiger partial charge < -0.3 is 4.57 Å². The van der Waals surface area contributed by atoms with Gasteiger partial charge in [-0.2, -0.15) is 5.26 Å². The van der Waals surface area contributed by atoms with Crippen LogP contribution in [-0.2, 0) is 0 Å². The summed E-state index contributed by atoms with van der Waals surface area (Å²) in [5, 5.41) is 22.0. The lowest BCUT2D eigenvalue weighted by atomic mass is 9.83. The highest BCUT2D eigenvalue weighted by molar-refractivity contribution is 6.27. The first-order chi connectivity index (χ1) is 30.2. The maximum Gasteiger partial charge on any atom is 0.0991 e. The van der Waals surface area contributed by atoms with Crippen molar-refractivity contribution < 1.29 is 0 Å². The van der Waals surface area contributed by atoms with E-state index in [0.29, 0.717) is 5.56 Å². The zero-order chi connectivity index (χ0) is 40.4. The normalized spacial score (nSPS) is 11.6. The molecule has 0 amide bonds. The van der Waals surface area contributed by atoms with Gasteiger partial charge in [-0.25, -0.2) is 0 Å². The highest BCUT2D eigenvalue weighted by Crippen LogP contribution is 2.48. The van der Waals surface area contributed by atoms with Gasteiger partial charge in [0.05, 0.1) is 22.7 Å². The van der Waals surface area contributed by atoms with Crippen LogP contribution in [0, 0.1) is 11.3 Å². The van der Waals surface area contributed by atoms with E-state index in [4.69, 9.17) is 0 Å². The molecule has 3 heterocycles. The minimum atomic E-state index is 0.625.